The van der Waals surface area contributed by atoms with Gasteiger partial charge in [0.1, 0.15) is 0 Å². The predicted octanol–water partition coefficient (Wildman–Crippen LogP) is 3.23. The fraction of sp³-hybridized carbons (Fsp3) is 0.222. The molecule has 0 heterocycles. The van der Waals surface area contributed by atoms with Gasteiger partial charge in [-0.15, -0.1) is 4.89 Å². The number of nitrogens with zero attached hydrogens (tertiary/aromatic N) is 1. The van der Waals surface area contributed by atoms with Crippen LogP contribution in [0.2, 0.25) is 0 Å². The summed E-state index contributed by atoms with van der Waals surface area (Å²) in [6.07, 6.45) is -3.79. The third kappa shape index (κ3) is 3.79. The molecule has 0 aliphatic carbocycles. The van der Waals surface area contributed by atoms with Crippen molar-refractivity contribution in [2.24, 2.45) is 0 Å². The van der Waals surface area contributed by atoms with Crippen LogP contribution in [0.1, 0.15) is 11.1 Å². The molecule has 1 unspecified atom stereocenters. The van der Waals surface area contributed by atoms with Gasteiger partial charge < -0.3 is 0 Å². The molecule has 1 N–H and O–H groups in total. The number of alkyl halides is 2. The van der Waals surface area contributed by atoms with Crippen molar-refractivity contribution >= 4 is 24.2 Å². The van der Waals surface area contributed by atoms with Gasteiger partial charge in [-0.2, -0.15) is 14.0 Å². The highest BCUT2D eigenvalue weighted by molar-refractivity contribution is 9.10. The molecule has 0 aliphatic rings. The van der Waals surface area contributed by atoms with E-state index >= 15 is 0 Å². The molecule has 0 spiro atoms. The van der Waals surface area contributed by atoms with Crippen molar-refractivity contribution in [1.82, 2.24) is 0 Å². The molecule has 4 nitrogen and oxygen atoms in total. The minimum atomic E-state index is -3.87. The topological polar surface area (TPSA) is 70.3 Å². The van der Waals surface area contributed by atoms with Gasteiger partial charge in [0.2, 0.25) is 0 Å². The van der Waals surface area contributed by atoms with Crippen LogP contribution in [0.15, 0.2) is 22.7 Å². The Balaban J connectivity index is 3.07. The molecule has 1 atom stereocenters. The quantitative estimate of drug-likeness (QED) is 0.863. The second-order valence-electron chi connectivity index (χ2n) is 2.99. The Hall–Kier alpha value is -0.930. The van der Waals surface area contributed by atoms with Crippen molar-refractivity contribution in [3.8, 4) is 6.07 Å². The normalized spacial score (nSPS) is 12.1. The van der Waals surface area contributed by atoms with Gasteiger partial charge in [0, 0.05) is 9.04 Å². The van der Waals surface area contributed by atoms with Gasteiger partial charge in [0.05, 0.1) is 18.1 Å². The van der Waals surface area contributed by atoms with Gasteiger partial charge in [-0.25, -0.2) is 0 Å². The Kier molecular flexibility index (Phi) is 4.66. The van der Waals surface area contributed by atoms with E-state index in [9.17, 15) is 13.3 Å². The lowest BCUT2D eigenvalue weighted by molar-refractivity contribution is -0.186. The Morgan fingerprint density at radius 3 is 2.71 bits per heavy atom. The molecule has 0 fully saturated rings. The van der Waals surface area contributed by atoms with Crippen LogP contribution in [0.4, 0.5) is 8.78 Å². The van der Waals surface area contributed by atoms with E-state index in [4.69, 9.17) is 10.2 Å². The Morgan fingerprint density at radius 2 is 2.24 bits per heavy atom. The largest absolute Gasteiger partial charge is 0.701 e. The standard InChI is InChI=1S/C9H5BrF2NO3P/c10-8-5-6(3-4-13)1-2-7(8)9(11,12)16-17(14)15/h1-2,5H,3H2/p+1. The van der Waals surface area contributed by atoms with Crippen LogP contribution in [0, 0.1) is 11.3 Å². The minimum absolute atomic E-state index is 0.00657. The van der Waals surface area contributed by atoms with Crippen LogP contribution in [0.5, 0.6) is 0 Å². The minimum Gasteiger partial charge on any atom is -0.198 e. The maximum atomic E-state index is 13.3. The number of hydrogen-bond donors (Lipinski definition) is 1. The number of benzene rings is 1. The van der Waals surface area contributed by atoms with Crippen LogP contribution in [0.25, 0.3) is 0 Å². The van der Waals surface area contributed by atoms with E-state index in [0.29, 0.717) is 5.56 Å². The molecule has 1 aromatic carbocycles. The average molecular weight is 325 g/mol. The van der Waals surface area contributed by atoms with E-state index in [1.165, 1.54) is 12.1 Å². The molecule has 90 valence electrons. The Labute approximate surface area is 105 Å². The smallest absolute Gasteiger partial charge is 0.198 e. The zero-order valence-corrected chi connectivity index (χ0v) is 10.7. The molecule has 17 heavy (non-hydrogen) atoms. The summed E-state index contributed by atoms with van der Waals surface area (Å²) in [6.45, 7) is 0. The summed E-state index contributed by atoms with van der Waals surface area (Å²) in [5.74, 6) is 0. The van der Waals surface area contributed by atoms with E-state index in [1.54, 1.807) is 0 Å². The first kappa shape index (κ1) is 14.1. The Morgan fingerprint density at radius 1 is 1.59 bits per heavy atom. The SMILES string of the molecule is N#CCc1ccc(C(F)(F)O[P+](=O)O)c(Br)c1. The van der Waals surface area contributed by atoms with Crippen LogP contribution < -0.4 is 0 Å². The number of hydrogen-bond acceptors (Lipinski definition) is 3. The van der Waals surface area contributed by atoms with Gasteiger partial charge >= 0.3 is 14.4 Å². The molecule has 8 heteroatoms. The van der Waals surface area contributed by atoms with Gasteiger partial charge in [-0.1, -0.05) is 22.0 Å². The van der Waals surface area contributed by atoms with Gasteiger partial charge in [0.15, 0.2) is 0 Å². The number of rotatable bonds is 4. The van der Waals surface area contributed by atoms with Gasteiger partial charge in [0.25, 0.3) is 0 Å². The molecule has 1 aromatic rings. The van der Waals surface area contributed by atoms with Crippen LogP contribution >= 0.6 is 24.2 Å². The fourth-order valence-electron chi connectivity index (χ4n) is 1.14. The third-order valence-corrected chi connectivity index (χ3v) is 2.86. The summed E-state index contributed by atoms with van der Waals surface area (Å²) in [5, 5.41) is 8.45. The van der Waals surface area contributed by atoms with E-state index in [0.717, 1.165) is 6.07 Å². The average Bonchev–Trinajstić information content (AvgIpc) is 2.15. The van der Waals surface area contributed by atoms with Crippen LogP contribution in [-0.4, -0.2) is 4.89 Å². The van der Waals surface area contributed by atoms with Crippen molar-refractivity contribution < 1.29 is 22.8 Å². The summed E-state index contributed by atoms with van der Waals surface area (Å²) < 4.78 is 40.6. The van der Waals surface area contributed by atoms with E-state index in [1.807, 2.05) is 6.07 Å². The highest BCUT2D eigenvalue weighted by Gasteiger charge is 2.44. The van der Waals surface area contributed by atoms with E-state index < -0.39 is 19.9 Å². The first-order chi connectivity index (χ1) is 7.86. The van der Waals surface area contributed by atoms with Crippen molar-refractivity contribution in [1.29, 1.82) is 5.26 Å². The molecule has 0 aliphatic heterocycles. The molecule has 0 bridgehead atoms. The second kappa shape index (κ2) is 5.61. The lowest BCUT2D eigenvalue weighted by atomic mass is 10.1. The maximum absolute atomic E-state index is 13.3. The maximum Gasteiger partial charge on any atom is 0.701 e. The summed E-state index contributed by atoms with van der Waals surface area (Å²) in [7, 11) is -3.41. The molecular weight excluding hydrogens is 319 g/mol. The third-order valence-electron chi connectivity index (χ3n) is 1.82. The van der Waals surface area contributed by atoms with Crippen LogP contribution in [-0.2, 0) is 21.6 Å². The molecule has 0 saturated carbocycles. The second-order valence-corrected chi connectivity index (χ2v) is 4.51. The predicted molar refractivity (Wildman–Crippen MR) is 58.3 cm³/mol. The Bertz CT molecular complexity index is 490. The number of nitriles is 1. The first-order valence-electron chi connectivity index (χ1n) is 4.25. The lowest BCUT2D eigenvalue weighted by Gasteiger charge is -2.11. The van der Waals surface area contributed by atoms with Crippen LogP contribution in [0.3, 0.4) is 0 Å². The molecule has 1 rings (SSSR count). The van der Waals surface area contributed by atoms with E-state index in [2.05, 4.69) is 20.5 Å². The van der Waals surface area contributed by atoms with E-state index in [-0.39, 0.29) is 10.9 Å². The molecule has 0 amide bonds. The molecule has 0 saturated heterocycles. The zero-order chi connectivity index (χ0) is 13.1. The summed E-state index contributed by atoms with van der Waals surface area (Å²) >= 11 is 2.90. The van der Waals surface area contributed by atoms with Crippen molar-refractivity contribution in [2.75, 3.05) is 0 Å². The van der Waals surface area contributed by atoms with Gasteiger partial charge in [-0.3, -0.25) is 0 Å². The summed E-state index contributed by atoms with van der Waals surface area (Å²) in [5.41, 5.74) is -0.0242. The molecule has 0 radical (unpaired) electrons. The fourth-order valence-corrected chi connectivity index (χ4v) is 2.09. The highest BCUT2D eigenvalue weighted by Crippen LogP contribution is 2.40. The molecule has 0 aromatic heterocycles. The first-order valence-corrected chi connectivity index (χ1v) is 6.18. The van der Waals surface area contributed by atoms with Crippen molar-refractivity contribution in [3.63, 3.8) is 0 Å². The van der Waals surface area contributed by atoms with Crippen molar-refractivity contribution in [2.45, 2.75) is 12.5 Å². The number of halogens is 3. The lowest BCUT2D eigenvalue weighted by Crippen LogP contribution is -2.15. The summed E-state index contributed by atoms with van der Waals surface area (Å²) in [4.78, 5) is 8.33. The van der Waals surface area contributed by atoms with Gasteiger partial charge in [-0.05, 0) is 22.2 Å². The molecular formula is C9H6BrF2NO3P+. The monoisotopic (exact) mass is 324 g/mol. The summed E-state index contributed by atoms with van der Waals surface area (Å²) in [6, 6.07) is 5.57. The van der Waals surface area contributed by atoms with Crippen molar-refractivity contribution in [3.05, 3.63) is 33.8 Å². The zero-order valence-electron chi connectivity index (χ0n) is 8.23. The highest BCUT2D eigenvalue weighted by atomic mass is 79.9.